The summed E-state index contributed by atoms with van der Waals surface area (Å²) in [5.41, 5.74) is 1.45. The predicted octanol–water partition coefficient (Wildman–Crippen LogP) is 4.07. The molecule has 2 aromatic carbocycles. The van der Waals surface area contributed by atoms with Gasteiger partial charge in [-0.25, -0.2) is 13.2 Å². The molecule has 0 saturated carbocycles. The van der Waals surface area contributed by atoms with E-state index in [0.717, 1.165) is 0 Å². The first-order valence-electron chi connectivity index (χ1n) is 9.74. The number of anilines is 1. The summed E-state index contributed by atoms with van der Waals surface area (Å²) < 4.78 is 43.7. The minimum atomic E-state index is -2.99. The van der Waals surface area contributed by atoms with Crippen molar-refractivity contribution >= 4 is 11.6 Å². The van der Waals surface area contributed by atoms with Gasteiger partial charge in [-0.15, -0.1) is 0 Å². The molecule has 2 aromatic rings. The SMILES string of the molecule is Cc1ccc(N2CC[C@@H](N3CC[C@H](c4ccc(O)cc4)C(F)(F)C3)C2=O)cc1F. The highest BCUT2D eigenvalue weighted by Gasteiger charge is 2.49. The molecule has 154 valence electrons. The highest BCUT2D eigenvalue weighted by Crippen LogP contribution is 2.42. The third-order valence-electron chi connectivity index (χ3n) is 6.01. The van der Waals surface area contributed by atoms with Gasteiger partial charge in [0, 0.05) is 12.2 Å². The van der Waals surface area contributed by atoms with Gasteiger partial charge in [0.05, 0.1) is 18.5 Å². The molecule has 0 aromatic heterocycles. The number of aromatic hydroxyl groups is 1. The zero-order valence-electron chi connectivity index (χ0n) is 16.1. The van der Waals surface area contributed by atoms with E-state index in [1.807, 2.05) is 0 Å². The van der Waals surface area contributed by atoms with E-state index in [1.165, 1.54) is 35.2 Å². The van der Waals surface area contributed by atoms with E-state index < -0.39 is 24.4 Å². The van der Waals surface area contributed by atoms with Crippen molar-refractivity contribution in [3.63, 3.8) is 0 Å². The maximum atomic E-state index is 14.9. The molecule has 4 nitrogen and oxygen atoms in total. The van der Waals surface area contributed by atoms with Gasteiger partial charge in [0.15, 0.2) is 0 Å². The lowest BCUT2D eigenvalue weighted by Gasteiger charge is -2.40. The maximum Gasteiger partial charge on any atom is 0.267 e. The fraction of sp³-hybridized carbons (Fsp3) is 0.409. The first kappa shape index (κ1) is 19.8. The zero-order valence-corrected chi connectivity index (χ0v) is 16.1. The molecule has 1 amide bonds. The maximum absolute atomic E-state index is 14.9. The van der Waals surface area contributed by atoms with Crippen LogP contribution < -0.4 is 4.90 Å². The molecule has 2 heterocycles. The van der Waals surface area contributed by atoms with Gasteiger partial charge in [0.1, 0.15) is 11.6 Å². The topological polar surface area (TPSA) is 43.8 Å². The summed E-state index contributed by atoms with van der Waals surface area (Å²) in [5, 5.41) is 9.39. The molecule has 7 heteroatoms. The number of phenolic OH excluding ortho intramolecular Hbond substituents is 1. The van der Waals surface area contributed by atoms with Crippen LogP contribution in [0, 0.1) is 12.7 Å². The van der Waals surface area contributed by atoms with Gasteiger partial charge in [-0.2, -0.15) is 0 Å². The second kappa shape index (κ2) is 7.37. The first-order valence-corrected chi connectivity index (χ1v) is 9.74. The molecule has 2 aliphatic rings. The van der Waals surface area contributed by atoms with Crippen LogP contribution in [0.1, 0.15) is 29.9 Å². The highest BCUT2D eigenvalue weighted by molar-refractivity contribution is 5.99. The lowest BCUT2D eigenvalue weighted by atomic mass is 9.85. The molecule has 0 aliphatic carbocycles. The van der Waals surface area contributed by atoms with Gasteiger partial charge in [0.25, 0.3) is 5.92 Å². The number of nitrogens with zero attached hydrogens (tertiary/aromatic N) is 2. The molecule has 2 fully saturated rings. The first-order chi connectivity index (χ1) is 13.8. The van der Waals surface area contributed by atoms with Crippen LogP contribution in [0.25, 0.3) is 0 Å². The number of carbonyl (C=O) groups is 1. The van der Waals surface area contributed by atoms with E-state index in [4.69, 9.17) is 0 Å². The van der Waals surface area contributed by atoms with Crippen molar-refractivity contribution in [3.8, 4) is 5.75 Å². The fourth-order valence-corrected chi connectivity index (χ4v) is 4.36. The number of carbonyl (C=O) groups excluding carboxylic acids is 1. The Balaban J connectivity index is 1.48. The number of hydrogen-bond donors (Lipinski definition) is 1. The van der Waals surface area contributed by atoms with Gasteiger partial charge in [-0.05, 0) is 61.7 Å². The summed E-state index contributed by atoms with van der Waals surface area (Å²) in [7, 11) is 0. The Hall–Kier alpha value is -2.54. The number of amides is 1. The Morgan fingerprint density at radius 1 is 1.07 bits per heavy atom. The van der Waals surface area contributed by atoms with Crippen LogP contribution in [0.15, 0.2) is 42.5 Å². The van der Waals surface area contributed by atoms with E-state index in [0.29, 0.717) is 36.3 Å². The number of aryl methyl sites for hydroxylation is 1. The van der Waals surface area contributed by atoms with Crippen LogP contribution in [-0.4, -0.2) is 47.5 Å². The third-order valence-corrected chi connectivity index (χ3v) is 6.01. The van der Waals surface area contributed by atoms with E-state index >= 15 is 0 Å². The van der Waals surface area contributed by atoms with Crippen molar-refractivity contribution in [2.75, 3.05) is 24.5 Å². The number of alkyl halides is 2. The van der Waals surface area contributed by atoms with Gasteiger partial charge in [-0.1, -0.05) is 18.2 Å². The second-order valence-electron chi connectivity index (χ2n) is 7.89. The van der Waals surface area contributed by atoms with Crippen molar-refractivity contribution in [1.82, 2.24) is 4.90 Å². The standard InChI is InChI=1S/C22H23F3N2O2/c1-14-2-5-16(12-19(14)23)27-11-9-20(21(27)29)26-10-8-18(22(24,25)13-26)15-3-6-17(28)7-4-15/h2-7,12,18,20,28H,8-11,13H2,1H3/t18-,20-/m1/s1. The molecule has 0 unspecified atom stereocenters. The summed E-state index contributed by atoms with van der Waals surface area (Å²) in [5.74, 6) is -4.54. The molecule has 2 aliphatic heterocycles. The minimum absolute atomic E-state index is 0.0405. The van der Waals surface area contributed by atoms with Crippen molar-refractivity contribution in [1.29, 1.82) is 0 Å². The molecule has 0 bridgehead atoms. The van der Waals surface area contributed by atoms with Crippen LogP contribution in [0.5, 0.6) is 5.75 Å². The number of piperidine rings is 1. The lowest BCUT2D eigenvalue weighted by Crippen LogP contribution is -2.53. The van der Waals surface area contributed by atoms with Crippen molar-refractivity contribution < 1.29 is 23.1 Å². The average molecular weight is 404 g/mol. The molecular weight excluding hydrogens is 381 g/mol. The fourth-order valence-electron chi connectivity index (χ4n) is 4.36. The van der Waals surface area contributed by atoms with Crippen molar-refractivity contribution in [2.45, 2.75) is 37.6 Å². The Morgan fingerprint density at radius 2 is 1.79 bits per heavy atom. The Labute approximate surface area is 167 Å². The molecular formula is C22H23F3N2O2. The minimum Gasteiger partial charge on any atom is -0.508 e. The highest BCUT2D eigenvalue weighted by atomic mass is 19.3. The molecule has 29 heavy (non-hydrogen) atoms. The van der Waals surface area contributed by atoms with Gasteiger partial charge < -0.3 is 10.0 Å². The Morgan fingerprint density at radius 3 is 2.45 bits per heavy atom. The Bertz CT molecular complexity index is 917. The molecule has 2 atom stereocenters. The van der Waals surface area contributed by atoms with E-state index in [1.54, 1.807) is 24.0 Å². The Kier molecular flexibility index (Phi) is 5.02. The number of benzene rings is 2. The smallest absolute Gasteiger partial charge is 0.267 e. The summed E-state index contributed by atoms with van der Waals surface area (Å²) in [6.45, 7) is 1.92. The summed E-state index contributed by atoms with van der Waals surface area (Å²) in [6.07, 6.45) is 0.662. The number of hydrogen-bond acceptors (Lipinski definition) is 3. The van der Waals surface area contributed by atoms with Gasteiger partial charge >= 0.3 is 0 Å². The normalized spacial score (nSPS) is 24.8. The number of rotatable bonds is 3. The molecule has 2 saturated heterocycles. The molecule has 0 spiro atoms. The van der Waals surface area contributed by atoms with Crippen LogP contribution in [0.2, 0.25) is 0 Å². The quantitative estimate of drug-likeness (QED) is 0.839. The van der Waals surface area contributed by atoms with Crippen molar-refractivity contribution in [2.24, 2.45) is 0 Å². The average Bonchev–Trinajstić information content (AvgIpc) is 3.06. The second-order valence-corrected chi connectivity index (χ2v) is 7.89. The largest absolute Gasteiger partial charge is 0.508 e. The van der Waals surface area contributed by atoms with Gasteiger partial charge in [0.2, 0.25) is 5.91 Å². The number of phenols is 1. The summed E-state index contributed by atoms with van der Waals surface area (Å²) >= 11 is 0. The molecule has 1 N–H and O–H groups in total. The van der Waals surface area contributed by atoms with Crippen LogP contribution in [0.3, 0.4) is 0 Å². The van der Waals surface area contributed by atoms with Gasteiger partial charge in [-0.3, -0.25) is 9.69 Å². The van der Waals surface area contributed by atoms with E-state index in [-0.39, 0.29) is 23.9 Å². The van der Waals surface area contributed by atoms with Crippen LogP contribution >= 0.6 is 0 Å². The molecule has 4 rings (SSSR count). The summed E-state index contributed by atoms with van der Waals surface area (Å²) in [4.78, 5) is 15.9. The van der Waals surface area contributed by atoms with E-state index in [2.05, 4.69) is 0 Å². The zero-order chi connectivity index (χ0) is 20.8. The predicted molar refractivity (Wildman–Crippen MR) is 104 cm³/mol. The van der Waals surface area contributed by atoms with Crippen LogP contribution in [0.4, 0.5) is 18.9 Å². The van der Waals surface area contributed by atoms with Crippen molar-refractivity contribution in [3.05, 3.63) is 59.4 Å². The van der Waals surface area contributed by atoms with E-state index in [9.17, 15) is 23.1 Å². The van der Waals surface area contributed by atoms with Crippen LogP contribution in [-0.2, 0) is 4.79 Å². The summed E-state index contributed by atoms with van der Waals surface area (Å²) in [6, 6.07) is 9.88. The number of likely N-dealkylation sites (tertiary alicyclic amines) is 1. The monoisotopic (exact) mass is 404 g/mol. The number of halogens is 3. The lowest BCUT2D eigenvalue weighted by molar-refractivity contribution is -0.128. The molecule has 0 radical (unpaired) electrons. The third kappa shape index (κ3) is 3.71.